The molecule has 5 heteroatoms. The van der Waals surface area contributed by atoms with Crippen LogP contribution in [0.25, 0.3) is 0 Å². The van der Waals surface area contributed by atoms with Gasteiger partial charge in [0.1, 0.15) is 0 Å². The van der Waals surface area contributed by atoms with Crippen LogP contribution in [0.2, 0.25) is 0 Å². The van der Waals surface area contributed by atoms with E-state index in [2.05, 4.69) is 40.2 Å². The Kier molecular flexibility index (Phi) is 5.24. The Bertz CT molecular complexity index is 746. The van der Waals surface area contributed by atoms with E-state index in [1.165, 1.54) is 5.56 Å². The summed E-state index contributed by atoms with van der Waals surface area (Å²) in [5.74, 6) is 0.481. The van der Waals surface area contributed by atoms with Crippen LogP contribution in [0.3, 0.4) is 0 Å². The third-order valence-electron chi connectivity index (χ3n) is 5.44. The summed E-state index contributed by atoms with van der Waals surface area (Å²) in [5, 5.41) is 0. The van der Waals surface area contributed by atoms with E-state index in [-0.39, 0.29) is 35.7 Å². The van der Waals surface area contributed by atoms with Gasteiger partial charge in [-0.1, -0.05) is 58.4 Å². The number of nitrogens with two attached hydrogens (primary N) is 1. The zero-order valence-electron chi connectivity index (χ0n) is 13.9. The molecule has 1 saturated heterocycles. The second kappa shape index (κ2) is 7.10. The predicted molar refractivity (Wildman–Crippen MR) is 106 cm³/mol. The molecule has 25 heavy (non-hydrogen) atoms. The Morgan fingerprint density at radius 2 is 1.68 bits per heavy atom. The Morgan fingerprint density at radius 3 is 2.28 bits per heavy atom. The summed E-state index contributed by atoms with van der Waals surface area (Å²) in [5.41, 5.74) is 8.41. The van der Waals surface area contributed by atoms with Crippen LogP contribution in [-0.2, 0) is 10.2 Å². The standard InChI is InChI=1S/C20H21BrN2O.ClH/c21-16-8-6-15(7-9-16)20(10-11-20)19(24)23-12-17(18(22)13-23)14-4-2-1-3-5-14;/h1-9,17-18H,10-13,22H2;1H/t17-,18+;/m0./s1. The molecule has 0 unspecified atom stereocenters. The van der Waals surface area contributed by atoms with E-state index < -0.39 is 0 Å². The molecule has 2 aliphatic rings. The molecular weight excluding hydrogens is 400 g/mol. The van der Waals surface area contributed by atoms with Crippen LogP contribution in [0.4, 0.5) is 0 Å². The lowest BCUT2D eigenvalue weighted by Crippen LogP contribution is -2.39. The third kappa shape index (κ3) is 3.35. The second-order valence-corrected chi connectivity index (χ2v) is 7.90. The fraction of sp³-hybridized carbons (Fsp3) is 0.350. The van der Waals surface area contributed by atoms with Crippen molar-refractivity contribution in [2.45, 2.75) is 30.2 Å². The fourth-order valence-corrected chi connectivity index (χ4v) is 4.13. The minimum absolute atomic E-state index is 0. The maximum Gasteiger partial charge on any atom is 0.233 e. The zero-order chi connectivity index (χ0) is 16.7. The van der Waals surface area contributed by atoms with Crippen LogP contribution in [0.15, 0.2) is 59.1 Å². The van der Waals surface area contributed by atoms with E-state index in [0.717, 1.165) is 29.4 Å². The lowest BCUT2D eigenvalue weighted by atomic mass is 9.94. The van der Waals surface area contributed by atoms with Crippen molar-refractivity contribution in [2.24, 2.45) is 5.73 Å². The highest BCUT2D eigenvalue weighted by molar-refractivity contribution is 9.10. The number of amides is 1. The Labute approximate surface area is 163 Å². The Balaban J connectivity index is 0.00000182. The smallest absolute Gasteiger partial charge is 0.233 e. The molecule has 1 amide bonds. The van der Waals surface area contributed by atoms with Crippen molar-refractivity contribution >= 4 is 34.2 Å². The van der Waals surface area contributed by atoms with Gasteiger partial charge >= 0.3 is 0 Å². The average molecular weight is 422 g/mol. The molecule has 4 rings (SSSR count). The highest BCUT2D eigenvalue weighted by Crippen LogP contribution is 2.50. The molecule has 0 aromatic heterocycles. The van der Waals surface area contributed by atoms with Gasteiger partial charge in [-0.15, -0.1) is 12.4 Å². The normalized spacial score (nSPS) is 23.8. The molecule has 2 aromatic rings. The van der Waals surface area contributed by atoms with E-state index in [0.29, 0.717) is 6.54 Å². The van der Waals surface area contributed by atoms with Crippen molar-refractivity contribution < 1.29 is 4.79 Å². The molecular formula is C20H22BrClN2O. The molecule has 2 atom stereocenters. The van der Waals surface area contributed by atoms with Gasteiger partial charge in [-0.2, -0.15) is 0 Å². The van der Waals surface area contributed by atoms with Gasteiger partial charge in [0.15, 0.2) is 0 Å². The quantitative estimate of drug-likeness (QED) is 0.818. The first-order valence-corrected chi connectivity index (χ1v) is 9.25. The molecule has 1 aliphatic carbocycles. The van der Waals surface area contributed by atoms with Crippen LogP contribution < -0.4 is 5.73 Å². The molecule has 0 radical (unpaired) electrons. The summed E-state index contributed by atoms with van der Waals surface area (Å²) in [7, 11) is 0. The second-order valence-electron chi connectivity index (χ2n) is 6.98. The minimum atomic E-state index is -0.313. The minimum Gasteiger partial charge on any atom is -0.340 e. The lowest BCUT2D eigenvalue weighted by molar-refractivity contribution is -0.133. The first-order valence-electron chi connectivity index (χ1n) is 8.46. The van der Waals surface area contributed by atoms with E-state index in [1.54, 1.807) is 0 Å². The molecule has 132 valence electrons. The maximum absolute atomic E-state index is 13.2. The largest absolute Gasteiger partial charge is 0.340 e. The number of hydrogen-bond acceptors (Lipinski definition) is 2. The van der Waals surface area contributed by atoms with E-state index in [4.69, 9.17) is 5.73 Å². The van der Waals surface area contributed by atoms with Gasteiger partial charge in [-0.25, -0.2) is 0 Å². The molecule has 1 aliphatic heterocycles. The predicted octanol–water partition coefficient (Wildman–Crippen LogP) is 3.86. The lowest BCUT2D eigenvalue weighted by Gasteiger charge is -2.23. The van der Waals surface area contributed by atoms with Gasteiger partial charge < -0.3 is 10.6 Å². The number of likely N-dealkylation sites (tertiary alicyclic amines) is 1. The number of hydrogen-bond donors (Lipinski definition) is 1. The van der Waals surface area contributed by atoms with Crippen LogP contribution >= 0.6 is 28.3 Å². The zero-order valence-corrected chi connectivity index (χ0v) is 16.3. The summed E-state index contributed by atoms with van der Waals surface area (Å²) in [6.45, 7) is 1.37. The highest BCUT2D eigenvalue weighted by atomic mass is 79.9. The van der Waals surface area contributed by atoms with Crippen molar-refractivity contribution in [3.8, 4) is 0 Å². The van der Waals surface area contributed by atoms with Crippen LogP contribution in [-0.4, -0.2) is 29.9 Å². The van der Waals surface area contributed by atoms with Crippen molar-refractivity contribution in [1.82, 2.24) is 4.90 Å². The summed E-state index contributed by atoms with van der Waals surface area (Å²) in [4.78, 5) is 15.2. The molecule has 1 saturated carbocycles. The SMILES string of the molecule is Cl.N[C@@H]1CN(C(=O)C2(c3ccc(Br)cc3)CC2)C[C@H]1c1ccccc1. The molecule has 1 heterocycles. The fourth-order valence-electron chi connectivity index (χ4n) is 3.87. The van der Waals surface area contributed by atoms with Gasteiger partial charge in [0.2, 0.25) is 5.91 Å². The molecule has 0 spiro atoms. The van der Waals surface area contributed by atoms with Crippen molar-refractivity contribution in [1.29, 1.82) is 0 Å². The monoisotopic (exact) mass is 420 g/mol. The van der Waals surface area contributed by atoms with Gasteiger partial charge in [0.25, 0.3) is 0 Å². The molecule has 2 fully saturated rings. The highest BCUT2D eigenvalue weighted by Gasteiger charge is 2.54. The van der Waals surface area contributed by atoms with Crippen molar-refractivity contribution in [2.75, 3.05) is 13.1 Å². The average Bonchev–Trinajstić information content (AvgIpc) is 3.32. The maximum atomic E-state index is 13.2. The number of rotatable bonds is 3. The number of nitrogens with zero attached hydrogens (tertiary/aromatic N) is 1. The van der Waals surface area contributed by atoms with E-state index in [9.17, 15) is 4.79 Å². The summed E-state index contributed by atoms with van der Waals surface area (Å²) in [6.07, 6.45) is 1.88. The Hall–Kier alpha value is -1.36. The van der Waals surface area contributed by atoms with Crippen molar-refractivity contribution in [3.63, 3.8) is 0 Å². The summed E-state index contributed by atoms with van der Waals surface area (Å²) >= 11 is 3.47. The Morgan fingerprint density at radius 1 is 1.04 bits per heavy atom. The number of halogens is 2. The van der Waals surface area contributed by atoms with Gasteiger partial charge in [-0.3, -0.25) is 4.79 Å². The van der Waals surface area contributed by atoms with Crippen LogP contribution in [0.5, 0.6) is 0 Å². The first-order chi connectivity index (χ1) is 11.6. The topological polar surface area (TPSA) is 46.3 Å². The molecule has 0 bridgehead atoms. The van der Waals surface area contributed by atoms with Crippen molar-refractivity contribution in [3.05, 3.63) is 70.2 Å². The number of carbonyl (C=O) groups is 1. The molecule has 3 nitrogen and oxygen atoms in total. The number of carbonyl (C=O) groups excluding carboxylic acids is 1. The van der Waals surface area contributed by atoms with Gasteiger partial charge in [0, 0.05) is 29.5 Å². The first kappa shape index (κ1) is 18.4. The van der Waals surface area contributed by atoms with Crippen LogP contribution in [0, 0.1) is 0 Å². The van der Waals surface area contributed by atoms with Gasteiger partial charge in [-0.05, 0) is 36.1 Å². The molecule has 2 aromatic carbocycles. The van der Waals surface area contributed by atoms with Gasteiger partial charge in [0.05, 0.1) is 5.41 Å². The molecule has 2 N–H and O–H groups in total. The van der Waals surface area contributed by atoms with E-state index >= 15 is 0 Å². The number of benzene rings is 2. The third-order valence-corrected chi connectivity index (χ3v) is 5.96. The van der Waals surface area contributed by atoms with E-state index in [1.807, 2.05) is 35.2 Å². The van der Waals surface area contributed by atoms with Crippen LogP contribution in [0.1, 0.15) is 29.9 Å². The summed E-state index contributed by atoms with van der Waals surface area (Å²) in [6, 6.07) is 18.5. The summed E-state index contributed by atoms with van der Waals surface area (Å²) < 4.78 is 1.04.